The molecular formula is C13H22FNOSi. The van der Waals surface area contributed by atoms with Crippen LogP contribution in [-0.4, -0.2) is 14.7 Å². The standard InChI is InChI=1S/C13H22FNOSi/c1-9-11(14)8-12(10(2)13(9)15)16-6-7-17(3,4)5/h8H,6-7,15H2,1-5H3. The van der Waals surface area contributed by atoms with Crippen molar-refractivity contribution in [3.8, 4) is 5.75 Å². The summed E-state index contributed by atoms with van der Waals surface area (Å²) in [6.45, 7) is 11.0. The van der Waals surface area contributed by atoms with Crippen molar-refractivity contribution in [3.63, 3.8) is 0 Å². The first-order chi connectivity index (χ1) is 7.72. The highest BCUT2D eigenvalue weighted by molar-refractivity contribution is 6.76. The van der Waals surface area contributed by atoms with Gasteiger partial charge in [0.1, 0.15) is 11.6 Å². The minimum absolute atomic E-state index is 0.295. The predicted octanol–water partition coefficient (Wildman–Crippen LogP) is 3.74. The highest BCUT2D eigenvalue weighted by atomic mass is 28.3. The lowest BCUT2D eigenvalue weighted by Crippen LogP contribution is -2.22. The van der Waals surface area contributed by atoms with Crippen LogP contribution in [0.3, 0.4) is 0 Å². The first-order valence-electron chi connectivity index (χ1n) is 5.90. The fourth-order valence-corrected chi connectivity index (χ4v) is 2.21. The van der Waals surface area contributed by atoms with Crippen molar-refractivity contribution in [2.75, 3.05) is 12.3 Å². The Morgan fingerprint density at radius 2 is 1.82 bits per heavy atom. The molecule has 0 fully saturated rings. The van der Waals surface area contributed by atoms with Crippen LogP contribution < -0.4 is 10.5 Å². The summed E-state index contributed by atoms with van der Waals surface area (Å²) in [5, 5.41) is 0. The number of halogens is 1. The molecule has 0 amide bonds. The second-order valence-corrected chi connectivity index (χ2v) is 11.3. The van der Waals surface area contributed by atoms with E-state index in [1.54, 1.807) is 6.92 Å². The molecule has 0 atom stereocenters. The zero-order valence-electron chi connectivity index (χ0n) is 11.4. The van der Waals surface area contributed by atoms with Gasteiger partial charge in [0.25, 0.3) is 0 Å². The van der Waals surface area contributed by atoms with Gasteiger partial charge in [-0.3, -0.25) is 0 Å². The van der Waals surface area contributed by atoms with Gasteiger partial charge in [0, 0.05) is 31.0 Å². The normalized spacial score (nSPS) is 11.6. The minimum Gasteiger partial charge on any atom is -0.493 e. The molecule has 0 radical (unpaired) electrons. The maximum absolute atomic E-state index is 13.5. The summed E-state index contributed by atoms with van der Waals surface area (Å²) in [6, 6.07) is 2.49. The number of rotatable bonds is 4. The van der Waals surface area contributed by atoms with E-state index in [1.165, 1.54) is 6.07 Å². The van der Waals surface area contributed by atoms with E-state index in [4.69, 9.17) is 10.5 Å². The Labute approximate surface area is 104 Å². The molecule has 17 heavy (non-hydrogen) atoms. The van der Waals surface area contributed by atoms with E-state index in [-0.39, 0.29) is 5.82 Å². The largest absolute Gasteiger partial charge is 0.493 e. The second kappa shape index (κ2) is 5.08. The number of nitrogen functional groups attached to an aromatic ring is 1. The van der Waals surface area contributed by atoms with Gasteiger partial charge >= 0.3 is 0 Å². The van der Waals surface area contributed by atoms with Crippen LogP contribution in [0.2, 0.25) is 25.7 Å². The zero-order chi connectivity index (χ0) is 13.2. The molecule has 1 aromatic rings. The second-order valence-electron chi connectivity index (χ2n) is 5.68. The van der Waals surface area contributed by atoms with E-state index >= 15 is 0 Å². The third-order valence-corrected chi connectivity index (χ3v) is 4.61. The molecule has 2 nitrogen and oxygen atoms in total. The lowest BCUT2D eigenvalue weighted by Gasteiger charge is -2.18. The fourth-order valence-electron chi connectivity index (χ4n) is 1.49. The molecular weight excluding hydrogens is 233 g/mol. The van der Waals surface area contributed by atoms with Gasteiger partial charge in [-0.25, -0.2) is 4.39 Å². The summed E-state index contributed by atoms with van der Waals surface area (Å²) in [5.74, 6) is 0.278. The number of ether oxygens (including phenoxy) is 1. The van der Waals surface area contributed by atoms with Crippen LogP contribution in [-0.2, 0) is 0 Å². The van der Waals surface area contributed by atoms with Crippen LogP contribution in [0.15, 0.2) is 6.07 Å². The molecule has 0 aliphatic heterocycles. The van der Waals surface area contributed by atoms with Crippen LogP contribution in [0.5, 0.6) is 5.75 Å². The fraction of sp³-hybridized carbons (Fsp3) is 0.538. The van der Waals surface area contributed by atoms with Gasteiger partial charge in [-0.15, -0.1) is 0 Å². The first kappa shape index (κ1) is 14.0. The average molecular weight is 255 g/mol. The van der Waals surface area contributed by atoms with Gasteiger partial charge in [0.2, 0.25) is 0 Å². The SMILES string of the molecule is Cc1c(F)cc(OCC[Si](C)(C)C)c(C)c1N. The maximum atomic E-state index is 13.5. The molecule has 0 spiro atoms. The van der Waals surface area contributed by atoms with Gasteiger partial charge in [-0.2, -0.15) is 0 Å². The van der Waals surface area contributed by atoms with Crippen molar-refractivity contribution in [2.45, 2.75) is 39.5 Å². The van der Waals surface area contributed by atoms with E-state index in [0.29, 0.717) is 23.6 Å². The molecule has 0 bridgehead atoms. The van der Waals surface area contributed by atoms with Crippen LogP contribution in [0.1, 0.15) is 11.1 Å². The lowest BCUT2D eigenvalue weighted by atomic mass is 10.1. The molecule has 0 aromatic heterocycles. The number of nitrogens with two attached hydrogens (primary N) is 1. The smallest absolute Gasteiger partial charge is 0.131 e. The number of benzene rings is 1. The Morgan fingerprint density at radius 1 is 1.24 bits per heavy atom. The highest BCUT2D eigenvalue weighted by Gasteiger charge is 2.15. The van der Waals surface area contributed by atoms with Crippen molar-refractivity contribution in [3.05, 3.63) is 23.0 Å². The van der Waals surface area contributed by atoms with Gasteiger partial charge < -0.3 is 10.5 Å². The Balaban J connectivity index is 2.79. The maximum Gasteiger partial charge on any atom is 0.131 e. The van der Waals surface area contributed by atoms with Crippen molar-refractivity contribution in [2.24, 2.45) is 0 Å². The summed E-state index contributed by atoms with van der Waals surface area (Å²) in [6.07, 6.45) is 0. The summed E-state index contributed by atoms with van der Waals surface area (Å²) in [4.78, 5) is 0. The van der Waals surface area contributed by atoms with Crippen LogP contribution in [0.25, 0.3) is 0 Å². The molecule has 1 aromatic carbocycles. The van der Waals surface area contributed by atoms with Crippen molar-refractivity contribution < 1.29 is 9.13 Å². The molecule has 0 saturated carbocycles. The van der Waals surface area contributed by atoms with E-state index in [0.717, 1.165) is 11.6 Å². The summed E-state index contributed by atoms with van der Waals surface area (Å²) in [5.41, 5.74) is 7.66. The molecule has 96 valence electrons. The lowest BCUT2D eigenvalue weighted by molar-refractivity contribution is 0.334. The van der Waals surface area contributed by atoms with E-state index < -0.39 is 8.07 Å². The van der Waals surface area contributed by atoms with Crippen LogP contribution in [0.4, 0.5) is 10.1 Å². The zero-order valence-corrected chi connectivity index (χ0v) is 12.4. The Kier molecular flexibility index (Phi) is 4.19. The third kappa shape index (κ3) is 3.73. The highest BCUT2D eigenvalue weighted by Crippen LogP contribution is 2.29. The first-order valence-corrected chi connectivity index (χ1v) is 9.61. The average Bonchev–Trinajstić information content (AvgIpc) is 2.21. The third-order valence-electron chi connectivity index (χ3n) is 2.90. The van der Waals surface area contributed by atoms with Crippen molar-refractivity contribution in [1.29, 1.82) is 0 Å². The summed E-state index contributed by atoms with van der Waals surface area (Å²) in [7, 11) is -1.12. The minimum atomic E-state index is -1.12. The van der Waals surface area contributed by atoms with Gasteiger partial charge in [-0.05, 0) is 19.9 Å². The summed E-state index contributed by atoms with van der Waals surface area (Å²) < 4.78 is 19.2. The van der Waals surface area contributed by atoms with Crippen molar-refractivity contribution >= 4 is 13.8 Å². The predicted molar refractivity (Wildman–Crippen MR) is 73.9 cm³/mol. The molecule has 4 heteroatoms. The topological polar surface area (TPSA) is 35.2 Å². The van der Waals surface area contributed by atoms with Gasteiger partial charge in [0.05, 0.1) is 6.61 Å². The van der Waals surface area contributed by atoms with Crippen LogP contribution >= 0.6 is 0 Å². The molecule has 0 aliphatic carbocycles. The van der Waals surface area contributed by atoms with Gasteiger partial charge in [0.15, 0.2) is 0 Å². The Morgan fingerprint density at radius 3 is 2.35 bits per heavy atom. The van der Waals surface area contributed by atoms with Crippen molar-refractivity contribution in [1.82, 2.24) is 0 Å². The van der Waals surface area contributed by atoms with Gasteiger partial charge in [-0.1, -0.05) is 19.6 Å². The number of hydrogen-bond donors (Lipinski definition) is 1. The van der Waals surface area contributed by atoms with E-state index in [2.05, 4.69) is 19.6 Å². The molecule has 0 aliphatic rings. The monoisotopic (exact) mass is 255 g/mol. The Hall–Kier alpha value is -1.03. The molecule has 2 N–H and O–H groups in total. The molecule has 0 saturated heterocycles. The molecule has 1 rings (SSSR count). The molecule has 0 unspecified atom stereocenters. The number of anilines is 1. The van der Waals surface area contributed by atoms with E-state index in [1.807, 2.05) is 6.92 Å². The quantitative estimate of drug-likeness (QED) is 0.657. The van der Waals surface area contributed by atoms with E-state index in [9.17, 15) is 4.39 Å². The van der Waals surface area contributed by atoms with Crippen LogP contribution in [0, 0.1) is 19.7 Å². The number of hydrogen-bond acceptors (Lipinski definition) is 2. The molecule has 0 heterocycles. The Bertz CT molecular complexity index is 413. The summed E-state index contributed by atoms with van der Waals surface area (Å²) >= 11 is 0.